The maximum absolute atomic E-state index is 12.7. The number of ether oxygens (including phenoxy) is 1. The predicted molar refractivity (Wildman–Crippen MR) is 120 cm³/mol. The molecule has 0 radical (unpaired) electrons. The number of hydrogen-bond acceptors (Lipinski definition) is 4. The molecule has 28 heavy (non-hydrogen) atoms. The van der Waals surface area contributed by atoms with E-state index in [-0.39, 0.29) is 5.97 Å². The second-order valence-corrected chi connectivity index (χ2v) is 7.75. The maximum Gasteiger partial charge on any atom is 0.341 e. The van der Waals surface area contributed by atoms with Crippen LogP contribution < -0.4 is 10.6 Å². The van der Waals surface area contributed by atoms with Crippen molar-refractivity contribution in [1.29, 1.82) is 0 Å². The van der Waals surface area contributed by atoms with E-state index in [0.717, 1.165) is 21.6 Å². The second kappa shape index (κ2) is 9.48. The number of hydrogen-bond donors (Lipinski definition) is 2. The van der Waals surface area contributed by atoms with E-state index in [1.165, 1.54) is 11.3 Å². The van der Waals surface area contributed by atoms with Gasteiger partial charge in [-0.15, -0.1) is 11.3 Å². The van der Waals surface area contributed by atoms with Gasteiger partial charge in [-0.1, -0.05) is 60.7 Å². The summed E-state index contributed by atoms with van der Waals surface area (Å²) in [6, 6.07) is 19.9. The lowest BCUT2D eigenvalue weighted by molar-refractivity contribution is 0.0529. The van der Waals surface area contributed by atoms with Gasteiger partial charge >= 0.3 is 5.97 Å². The molecule has 0 fully saturated rings. The second-order valence-electron chi connectivity index (χ2n) is 6.12. The number of aryl methyl sites for hydroxylation is 1. The number of benzene rings is 2. The Morgan fingerprint density at radius 3 is 2.36 bits per heavy atom. The van der Waals surface area contributed by atoms with Crippen molar-refractivity contribution in [1.82, 2.24) is 5.32 Å². The molecule has 4 nitrogen and oxygen atoms in total. The van der Waals surface area contributed by atoms with E-state index in [9.17, 15) is 4.79 Å². The van der Waals surface area contributed by atoms with Gasteiger partial charge in [0.05, 0.1) is 6.61 Å². The van der Waals surface area contributed by atoms with Crippen LogP contribution in [0.1, 0.15) is 27.7 Å². The van der Waals surface area contributed by atoms with Gasteiger partial charge in [-0.3, -0.25) is 0 Å². The van der Waals surface area contributed by atoms with E-state index in [2.05, 4.69) is 10.6 Å². The van der Waals surface area contributed by atoms with Crippen LogP contribution in [0, 0.1) is 6.92 Å². The third-order valence-electron chi connectivity index (χ3n) is 4.15. The molecule has 0 atom stereocenters. The molecule has 3 rings (SSSR count). The molecule has 2 N–H and O–H groups in total. The molecule has 1 aromatic heterocycles. The van der Waals surface area contributed by atoms with Gasteiger partial charge in [-0.05, 0) is 37.2 Å². The Morgan fingerprint density at radius 1 is 1.07 bits per heavy atom. The molecule has 0 unspecified atom stereocenters. The molecule has 3 aromatic rings. The number of thiocarbonyl (C=S) groups is 1. The van der Waals surface area contributed by atoms with E-state index in [4.69, 9.17) is 17.0 Å². The van der Waals surface area contributed by atoms with Gasteiger partial charge in [0.1, 0.15) is 10.6 Å². The molecule has 2 aromatic carbocycles. The minimum atomic E-state index is -0.348. The molecule has 0 spiro atoms. The summed E-state index contributed by atoms with van der Waals surface area (Å²) >= 11 is 6.95. The first kappa shape index (κ1) is 20.0. The van der Waals surface area contributed by atoms with E-state index >= 15 is 0 Å². The number of rotatable bonds is 6. The summed E-state index contributed by atoms with van der Waals surface area (Å²) in [5.74, 6) is -0.348. The monoisotopic (exact) mass is 410 g/mol. The SMILES string of the molecule is CCOC(=O)c1c(NC(=S)NCc2ccccc2)sc(C)c1-c1ccccc1. The van der Waals surface area contributed by atoms with Crippen LogP contribution >= 0.6 is 23.6 Å². The summed E-state index contributed by atoms with van der Waals surface area (Å²) in [4.78, 5) is 13.7. The number of carbonyl (C=O) groups excluding carboxylic acids is 1. The van der Waals surface area contributed by atoms with E-state index in [0.29, 0.717) is 28.8 Å². The van der Waals surface area contributed by atoms with Gasteiger partial charge in [0.15, 0.2) is 5.11 Å². The van der Waals surface area contributed by atoms with Crippen LogP contribution in [0.25, 0.3) is 11.1 Å². The molecule has 0 aliphatic carbocycles. The van der Waals surface area contributed by atoms with Crippen molar-refractivity contribution in [2.75, 3.05) is 11.9 Å². The number of nitrogens with one attached hydrogen (secondary N) is 2. The molecule has 0 saturated carbocycles. The number of anilines is 1. The summed E-state index contributed by atoms with van der Waals surface area (Å²) in [5.41, 5.74) is 3.52. The molecule has 144 valence electrons. The largest absolute Gasteiger partial charge is 0.462 e. The summed E-state index contributed by atoms with van der Waals surface area (Å²) in [6.07, 6.45) is 0. The zero-order valence-electron chi connectivity index (χ0n) is 15.8. The fourth-order valence-corrected chi connectivity index (χ4v) is 4.22. The maximum atomic E-state index is 12.7. The third kappa shape index (κ3) is 4.77. The summed E-state index contributed by atoms with van der Waals surface area (Å²) in [6.45, 7) is 4.73. The average Bonchev–Trinajstić information content (AvgIpc) is 3.03. The molecular formula is C22H22N2O2S2. The third-order valence-corrected chi connectivity index (χ3v) is 5.42. The van der Waals surface area contributed by atoms with Gasteiger partial charge in [0, 0.05) is 17.0 Å². The van der Waals surface area contributed by atoms with Crippen LogP contribution in [0.5, 0.6) is 0 Å². The molecule has 0 amide bonds. The minimum absolute atomic E-state index is 0.318. The Balaban J connectivity index is 1.85. The lowest BCUT2D eigenvalue weighted by atomic mass is 10.0. The number of esters is 1. The Morgan fingerprint density at radius 2 is 1.71 bits per heavy atom. The zero-order chi connectivity index (χ0) is 19.9. The molecule has 6 heteroatoms. The fourth-order valence-electron chi connectivity index (χ4n) is 2.91. The van der Waals surface area contributed by atoms with Gasteiger partial charge in [-0.2, -0.15) is 0 Å². The quantitative estimate of drug-likeness (QED) is 0.422. The van der Waals surface area contributed by atoms with Crippen molar-refractivity contribution < 1.29 is 9.53 Å². The van der Waals surface area contributed by atoms with E-state index in [1.807, 2.05) is 67.6 Å². The highest BCUT2D eigenvalue weighted by atomic mass is 32.1. The van der Waals surface area contributed by atoms with Crippen LogP contribution in [0.3, 0.4) is 0 Å². The predicted octanol–water partition coefficient (Wildman–Crippen LogP) is 5.39. The Labute approximate surface area is 174 Å². The molecular weight excluding hydrogens is 388 g/mol. The van der Waals surface area contributed by atoms with Crippen LogP contribution in [0.2, 0.25) is 0 Å². The van der Waals surface area contributed by atoms with Gasteiger partial charge in [0.25, 0.3) is 0 Å². The Kier molecular flexibility index (Phi) is 6.79. The fraction of sp³-hybridized carbons (Fsp3) is 0.182. The average molecular weight is 411 g/mol. The zero-order valence-corrected chi connectivity index (χ0v) is 17.5. The van der Waals surface area contributed by atoms with Crippen molar-refractivity contribution in [3.63, 3.8) is 0 Å². The van der Waals surface area contributed by atoms with Crippen molar-refractivity contribution in [3.05, 3.63) is 76.7 Å². The van der Waals surface area contributed by atoms with Crippen molar-refractivity contribution in [2.24, 2.45) is 0 Å². The minimum Gasteiger partial charge on any atom is -0.462 e. The standard InChI is InChI=1S/C22H22N2O2S2/c1-3-26-21(25)19-18(17-12-8-5-9-13-17)15(2)28-20(19)24-22(27)23-14-16-10-6-4-7-11-16/h4-13H,3,14H2,1-2H3,(H2,23,24,27). The van der Waals surface area contributed by atoms with Crippen LogP contribution in [-0.4, -0.2) is 17.7 Å². The first-order chi connectivity index (χ1) is 13.6. The van der Waals surface area contributed by atoms with E-state index in [1.54, 1.807) is 6.92 Å². The van der Waals surface area contributed by atoms with Crippen molar-refractivity contribution in [3.8, 4) is 11.1 Å². The molecule has 1 heterocycles. The van der Waals surface area contributed by atoms with Crippen LogP contribution in [0.4, 0.5) is 5.00 Å². The lowest BCUT2D eigenvalue weighted by Gasteiger charge is -2.12. The lowest BCUT2D eigenvalue weighted by Crippen LogP contribution is -2.28. The highest BCUT2D eigenvalue weighted by molar-refractivity contribution is 7.80. The number of thiophene rings is 1. The molecule has 0 saturated heterocycles. The van der Waals surface area contributed by atoms with Crippen LogP contribution in [-0.2, 0) is 11.3 Å². The normalized spacial score (nSPS) is 10.4. The highest BCUT2D eigenvalue weighted by Crippen LogP contribution is 2.40. The Hall–Kier alpha value is -2.70. The van der Waals surface area contributed by atoms with E-state index < -0.39 is 0 Å². The molecule has 0 bridgehead atoms. The van der Waals surface area contributed by atoms with Gasteiger partial charge < -0.3 is 15.4 Å². The topological polar surface area (TPSA) is 50.4 Å². The highest BCUT2D eigenvalue weighted by Gasteiger charge is 2.24. The summed E-state index contributed by atoms with van der Waals surface area (Å²) in [7, 11) is 0. The Bertz CT molecular complexity index is 953. The summed E-state index contributed by atoms with van der Waals surface area (Å²) in [5, 5.41) is 7.54. The first-order valence-corrected chi connectivity index (χ1v) is 10.3. The van der Waals surface area contributed by atoms with Gasteiger partial charge in [-0.25, -0.2) is 4.79 Å². The first-order valence-electron chi connectivity index (χ1n) is 9.04. The number of carbonyl (C=O) groups is 1. The molecule has 0 aliphatic rings. The van der Waals surface area contributed by atoms with Crippen molar-refractivity contribution >= 4 is 39.6 Å². The van der Waals surface area contributed by atoms with Gasteiger partial charge in [0.2, 0.25) is 0 Å². The van der Waals surface area contributed by atoms with Crippen molar-refractivity contribution in [2.45, 2.75) is 20.4 Å². The molecule has 0 aliphatic heterocycles. The smallest absolute Gasteiger partial charge is 0.341 e. The van der Waals surface area contributed by atoms with Crippen LogP contribution in [0.15, 0.2) is 60.7 Å². The summed E-state index contributed by atoms with van der Waals surface area (Å²) < 4.78 is 5.32.